The van der Waals surface area contributed by atoms with Gasteiger partial charge in [-0.25, -0.2) is 0 Å². The molecule has 0 aromatic heterocycles. The Morgan fingerprint density at radius 2 is 2.40 bits per heavy atom. The standard InChI is InChI=1S/C3H5N2S5/c1-5-2-3-9-7-6-8-10(9)4-5/h2-3H,1H3/q+1. The van der Waals surface area contributed by atoms with E-state index in [-0.39, 0.29) is 8.67 Å². The molecule has 7 heteroatoms. The summed E-state index contributed by atoms with van der Waals surface area (Å²) in [7, 11) is 8.28. The second-order valence-corrected chi connectivity index (χ2v) is 13.6. The van der Waals surface area contributed by atoms with Crippen molar-refractivity contribution >= 4 is 46.6 Å². The third-order valence-electron chi connectivity index (χ3n) is 0.905. The Kier molecular flexibility index (Phi) is 2.49. The number of hydrogen-bond acceptors (Lipinski definition) is 4. The SMILES string of the molecule is C[N+]1=NS2=S(C=C1)SSS2. The summed E-state index contributed by atoms with van der Waals surface area (Å²) < 4.78 is 6.36. The summed E-state index contributed by atoms with van der Waals surface area (Å²) in [5.41, 5.74) is 0. The molecule has 0 saturated carbocycles. The highest BCUT2D eigenvalue weighted by Gasteiger charge is 2.19. The largest absolute Gasteiger partial charge is 0.203 e. The van der Waals surface area contributed by atoms with Crippen LogP contribution >= 0.6 is 29.5 Å². The first-order valence-corrected chi connectivity index (χ1v) is 9.99. The fourth-order valence-electron chi connectivity index (χ4n) is 0.500. The van der Waals surface area contributed by atoms with E-state index in [1.54, 1.807) is 0 Å². The van der Waals surface area contributed by atoms with E-state index in [0.29, 0.717) is 8.49 Å². The molecule has 2 heterocycles. The van der Waals surface area contributed by atoms with Crippen molar-refractivity contribution in [3.05, 3.63) is 11.6 Å². The Balaban J connectivity index is 2.40. The molecular formula is C3H5N2S5+. The molecule has 2 aliphatic rings. The van der Waals surface area contributed by atoms with E-state index in [2.05, 4.69) is 9.93 Å². The van der Waals surface area contributed by atoms with E-state index in [9.17, 15) is 0 Å². The minimum atomic E-state index is 0.219. The third kappa shape index (κ3) is 1.47. The second-order valence-electron chi connectivity index (χ2n) is 1.62. The summed E-state index contributed by atoms with van der Waals surface area (Å²) >= 11 is 0. The van der Waals surface area contributed by atoms with Gasteiger partial charge in [0.15, 0.2) is 7.05 Å². The maximum Gasteiger partial charge on any atom is 0.203 e. The molecule has 2 rings (SSSR count). The maximum absolute atomic E-state index is 4.45. The number of rotatable bonds is 0. The van der Waals surface area contributed by atoms with Crippen LogP contribution in [0.4, 0.5) is 0 Å². The van der Waals surface area contributed by atoms with Crippen LogP contribution in [-0.2, 0) is 17.2 Å². The predicted molar refractivity (Wildman–Crippen MR) is 55.3 cm³/mol. The smallest absolute Gasteiger partial charge is 0.0856 e. The molecule has 0 aliphatic carbocycles. The highest BCUT2D eigenvalue weighted by atomic mass is 34.0. The molecule has 2 unspecified atom stereocenters. The summed E-state index contributed by atoms with van der Waals surface area (Å²) in [6.07, 6.45) is 2.05. The average molecular weight is 229 g/mol. The van der Waals surface area contributed by atoms with E-state index in [0.717, 1.165) is 0 Å². The Hall–Kier alpha value is 1.09. The van der Waals surface area contributed by atoms with E-state index >= 15 is 0 Å². The van der Waals surface area contributed by atoms with E-state index < -0.39 is 0 Å². The van der Waals surface area contributed by atoms with Gasteiger partial charge in [-0.1, -0.05) is 4.70 Å². The van der Waals surface area contributed by atoms with Gasteiger partial charge in [0.1, 0.15) is 8.67 Å². The highest BCUT2D eigenvalue weighted by Crippen LogP contribution is 2.51. The van der Waals surface area contributed by atoms with Crippen LogP contribution in [0.3, 0.4) is 0 Å². The van der Waals surface area contributed by atoms with Crippen LogP contribution in [0.5, 0.6) is 0 Å². The van der Waals surface area contributed by atoms with Gasteiger partial charge in [-0.05, 0) is 18.3 Å². The van der Waals surface area contributed by atoms with Crippen molar-refractivity contribution in [2.45, 2.75) is 0 Å². The lowest BCUT2D eigenvalue weighted by molar-refractivity contribution is -0.486. The molecule has 0 aromatic rings. The molecular weight excluding hydrogens is 224 g/mol. The zero-order chi connectivity index (χ0) is 6.97. The molecule has 56 valence electrons. The number of nitrogens with zero attached hydrogens (tertiary/aromatic N) is 2. The molecule has 0 fully saturated rings. The predicted octanol–water partition coefficient (Wildman–Crippen LogP) is 2.51. The Labute approximate surface area is 74.2 Å². The minimum Gasteiger partial charge on any atom is -0.0856 e. The van der Waals surface area contributed by atoms with Gasteiger partial charge in [0.05, 0.1) is 5.41 Å². The van der Waals surface area contributed by atoms with Crippen LogP contribution in [0.25, 0.3) is 0 Å². The molecule has 0 aromatic carbocycles. The Morgan fingerprint density at radius 1 is 1.50 bits per heavy atom. The molecule has 0 N–H and O–H groups in total. The summed E-state index contributed by atoms with van der Waals surface area (Å²) in [5, 5.41) is 2.26. The molecule has 2 aliphatic heterocycles. The first-order valence-electron chi connectivity index (χ1n) is 2.49. The molecule has 10 heavy (non-hydrogen) atoms. The normalized spacial score (nSPS) is 37.5. The zero-order valence-electron chi connectivity index (χ0n) is 5.09. The first kappa shape index (κ1) is 7.72. The van der Waals surface area contributed by atoms with Crippen LogP contribution in [0.2, 0.25) is 0 Å². The van der Waals surface area contributed by atoms with Gasteiger partial charge in [-0.15, -0.1) is 0 Å². The maximum atomic E-state index is 4.45. The number of hydrogen-bond donors (Lipinski definition) is 0. The van der Waals surface area contributed by atoms with Crippen LogP contribution in [0, 0.1) is 0 Å². The summed E-state index contributed by atoms with van der Waals surface area (Å²) in [6, 6.07) is 0. The van der Waals surface area contributed by atoms with Gasteiger partial charge in [0.2, 0.25) is 6.20 Å². The van der Waals surface area contributed by atoms with Crippen molar-refractivity contribution in [2.24, 2.45) is 4.52 Å². The van der Waals surface area contributed by atoms with E-state index in [1.165, 1.54) is 0 Å². The summed E-state index contributed by atoms with van der Waals surface area (Å²) in [6.45, 7) is 0. The first-order chi connectivity index (χ1) is 4.86. The molecule has 2 atom stereocenters. The van der Waals surface area contributed by atoms with Crippen LogP contribution in [0.1, 0.15) is 0 Å². The molecule has 0 bridgehead atoms. The van der Waals surface area contributed by atoms with Crippen molar-refractivity contribution in [1.29, 1.82) is 0 Å². The Bertz CT molecular complexity index is 254. The second kappa shape index (κ2) is 3.22. The lowest BCUT2D eigenvalue weighted by Gasteiger charge is -1.95. The summed E-state index contributed by atoms with van der Waals surface area (Å²) in [4.78, 5) is 0. The lowest BCUT2D eigenvalue weighted by Crippen LogP contribution is -1.98. The average Bonchev–Trinajstić information content (AvgIpc) is 2.33. The van der Waals surface area contributed by atoms with Crippen molar-refractivity contribution < 1.29 is 4.70 Å². The van der Waals surface area contributed by atoms with Gasteiger partial charge in [-0.3, -0.25) is 0 Å². The zero-order valence-corrected chi connectivity index (χ0v) is 9.17. The minimum absolute atomic E-state index is 0.219. The molecule has 2 nitrogen and oxygen atoms in total. The fraction of sp³-hybridized carbons (Fsp3) is 0.333. The van der Waals surface area contributed by atoms with Crippen LogP contribution < -0.4 is 0 Å². The molecule has 0 spiro atoms. The highest BCUT2D eigenvalue weighted by molar-refractivity contribution is 9.47. The monoisotopic (exact) mass is 229 g/mol. The molecule has 0 radical (unpaired) electrons. The van der Waals surface area contributed by atoms with Crippen molar-refractivity contribution in [3.8, 4) is 0 Å². The Morgan fingerprint density at radius 3 is 3.30 bits per heavy atom. The fourth-order valence-corrected chi connectivity index (χ4v) is 22.5. The van der Waals surface area contributed by atoms with Gasteiger partial charge < -0.3 is 0 Å². The van der Waals surface area contributed by atoms with E-state index in [1.807, 2.05) is 47.4 Å². The van der Waals surface area contributed by atoms with Crippen molar-refractivity contribution in [2.75, 3.05) is 7.05 Å². The van der Waals surface area contributed by atoms with Crippen molar-refractivity contribution in [1.82, 2.24) is 0 Å². The van der Waals surface area contributed by atoms with Crippen LogP contribution in [0.15, 0.2) is 16.1 Å². The van der Waals surface area contributed by atoms with Crippen molar-refractivity contribution in [3.63, 3.8) is 0 Å². The topological polar surface area (TPSA) is 15.4 Å². The third-order valence-corrected chi connectivity index (χ3v) is 17.8. The summed E-state index contributed by atoms with van der Waals surface area (Å²) in [5.74, 6) is 0. The van der Waals surface area contributed by atoms with Gasteiger partial charge in [0.25, 0.3) is 0 Å². The quantitative estimate of drug-likeness (QED) is 0.469. The lowest BCUT2D eigenvalue weighted by atomic mass is 11.0. The van der Waals surface area contributed by atoms with Gasteiger partial charge >= 0.3 is 0 Å². The van der Waals surface area contributed by atoms with Crippen LogP contribution in [-0.4, -0.2) is 11.7 Å². The molecule has 0 saturated heterocycles. The molecule has 0 amide bonds. The van der Waals surface area contributed by atoms with Gasteiger partial charge in [-0.2, -0.15) is 0 Å². The van der Waals surface area contributed by atoms with E-state index in [4.69, 9.17) is 0 Å². The van der Waals surface area contributed by atoms with Gasteiger partial charge in [0, 0.05) is 24.2 Å².